The molecule has 5 heteroatoms. The topological polar surface area (TPSA) is 60.9 Å². The van der Waals surface area contributed by atoms with E-state index in [4.69, 9.17) is 0 Å². The highest BCUT2D eigenvalue weighted by atomic mass is 16.3. The molecule has 2 rings (SSSR count). The van der Waals surface area contributed by atoms with Gasteiger partial charge in [0.25, 0.3) is 0 Å². The van der Waals surface area contributed by atoms with Gasteiger partial charge in [0.15, 0.2) is 0 Å². The molecule has 1 N–H and O–H groups in total. The Hall–Kier alpha value is -1.10. The van der Waals surface area contributed by atoms with E-state index in [-0.39, 0.29) is 29.8 Å². The number of aliphatic hydroxyl groups is 1. The quantitative estimate of drug-likeness (QED) is 0.759. The van der Waals surface area contributed by atoms with Crippen molar-refractivity contribution >= 4 is 11.8 Å². The number of hydrogen-bond donors (Lipinski definition) is 1. The maximum absolute atomic E-state index is 12.0. The zero-order chi connectivity index (χ0) is 13.3. The summed E-state index contributed by atoms with van der Waals surface area (Å²) < 4.78 is 0. The van der Waals surface area contributed by atoms with Crippen molar-refractivity contribution in [2.45, 2.75) is 32.8 Å². The fourth-order valence-corrected chi connectivity index (χ4v) is 2.61. The highest BCUT2D eigenvalue weighted by Gasteiger charge is 2.35. The zero-order valence-corrected chi connectivity index (χ0v) is 11.1. The Morgan fingerprint density at radius 1 is 1.11 bits per heavy atom. The summed E-state index contributed by atoms with van der Waals surface area (Å²) >= 11 is 0. The van der Waals surface area contributed by atoms with E-state index in [1.54, 1.807) is 4.90 Å². The van der Waals surface area contributed by atoms with Gasteiger partial charge in [-0.2, -0.15) is 0 Å². The molecular formula is C13H22N2O3. The number of piperidine rings is 1. The minimum atomic E-state index is -0.337. The standard InChI is InChI=1S/C13H22N2O3/c1-9(2)12(17)14-5-3-10(4-6-14)13(18)15-7-11(16)8-15/h9-11,16H,3-8H2,1-2H3. The second-order valence-corrected chi connectivity index (χ2v) is 5.65. The lowest BCUT2D eigenvalue weighted by molar-refractivity contribution is -0.149. The Morgan fingerprint density at radius 3 is 2.11 bits per heavy atom. The molecule has 18 heavy (non-hydrogen) atoms. The number of likely N-dealkylation sites (tertiary alicyclic amines) is 2. The van der Waals surface area contributed by atoms with Crippen molar-refractivity contribution in [3.05, 3.63) is 0 Å². The zero-order valence-electron chi connectivity index (χ0n) is 11.1. The van der Waals surface area contributed by atoms with Gasteiger partial charge < -0.3 is 14.9 Å². The van der Waals surface area contributed by atoms with Crippen LogP contribution in [0.5, 0.6) is 0 Å². The first kappa shape index (κ1) is 13.3. The van der Waals surface area contributed by atoms with Crippen LogP contribution in [0, 0.1) is 11.8 Å². The molecule has 2 heterocycles. The molecular weight excluding hydrogens is 232 g/mol. The lowest BCUT2D eigenvalue weighted by Crippen LogP contribution is -2.56. The van der Waals surface area contributed by atoms with Crippen LogP contribution in [0.1, 0.15) is 26.7 Å². The first-order valence-corrected chi connectivity index (χ1v) is 6.74. The number of rotatable bonds is 2. The maximum Gasteiger partial charge on any atom is 0.225 e. The van der Waals surface area contributed by atoms with E-state index in [1.807, 2.05) is 18.7 Å². The summed E-state index contributed by atoms with van der Waals surface area (Å²) in [5.41, 5.74) is 0. The van der Waals surface area contributed by atoms with E-state index in [9.17, 15) is 14.7 Å². The predicted molar refractivity (Wildman–Crippen MR) is 66.7 cm³/mol. The molecule has 2 fully saturated rings. The molecule has 0 aromatic rings. The summed E-state index contributed by atoms with van der Waals surface area (Å²) in [6.45, 7) is 6.13. The van der Waals surface area contributed by atoms with Crippen molar-refractivity contribution < 1.29 is 14.7 Å². The summed E-state index contributed by atoms with van der Waals surface area (Å²) in [4.78, 5) is 27.4. The number of amides is 2. The van der Waals surface area contributed by atoms with Crippen LogP contribution < -0.4 is 0 Å². The molecule has 0 unspecified atom stereocenters. The Labute approximate surface area is 108 Å². The summed E-state index contributed by atoms with van der Waals surface area (Å²) in [7, 11) is 0. The van der Waals surface area contributed by atoms with Crippen molar-refractivity contribution in [2.24, 2.45) is 11.8 Å². The number of nitrogens with zero attached hydrogens (tertiary/aromatic N) is 2. The van der Waals surface area contributed by atoms with E-state index >= 15 is 0 Å². The highest BCUT2D eigenvalue weighted by Crippen LogP contribution is 2.23. The van der Waals surface area contributed by atoms with Crippen molar-refractivity contribution in [3.8, 4) is 0 Å². The minimum Gasteiger partial charge on any atom is -0.389 e. The van der Waals surface area contributed by atoms with E-state index in [2.05, 4.69) is 0 Å². The first-order chi connectivity index (χ1) is 8.49. The summed E-state index contributed by atoms with van der Waals surface area (Å²) in [5, 5.41) is 9.19. The molecule has 0 radical (unpaired) electrons. The van der Waals surface area contributed by atoms with Gasteiger partial charge in [0.05, 0.1) is 6.10 Å². The lowest BCUT2D eigenvalue weighted by atomic mass is 9.93. The van der Waals surface area contributed by atoms with Gasteiger partial charge in [0.1, 0.15) is 0 Å². The molecule has 0 saturated carbocycles. The number of hydrogen-bond acceptors (Lipinski definition) is 3. The van der Waals surface area contributed by atoms with Crippen molar-refractivity contribution in [1.82, 2.24) is 9.80 Å². The van der Waals surface area contributed by atoms with Gasteiger partial charge in [0.2, 0.25) is 11.8 Å². The van der Waals surface area contributed by atoms with Crippen LogP contribution in [0.4, 0.5) is 0 Å². The number of carbonyl (C=O) groups excluding carboxylic acids is 2. The van der Waals surface area contributed by atoms with E-state index in [0.717, 1.165) is 12.8 Å². The van der Waals surface area contributed by atoms with Gasteiger partial charge >= 0.3 is 0 Å². The third-order valence-corrected chi connectivity index (χ3v) is 3.82. The third kappa shape index (κ3) is 2.66. The molecule has 0 atom stereocenters. The van der Waals surface area contributed by atoms with Crippen LogP contribution in [0.15, 0.2) is 0 Å². The van der Waals surface area contributed by atoms with E-state index in [0.29, 0.717) is 26.2 Å². The van der Waals surface area contributed by atoms with E-state index < -0.39 is 0 Å². The molecule has 102 valence electrons. The smallest absolute Gasteiger partial charge is 0.225 e. The molecule has 0 aliphatic carbocycles. The van der Waals surface area contributed by atoms with Crippen LogP contribution in [-0.2, 0) is 9.59 Å². The molecule has 2 amide bonds. The maximum atomic E-state index is 12.0. The van der Waals surface area contributed by atoms with Crippen LogP contribution in [0.2, 0.25) is 0 Å². The first-order valence-electron chi connectivity index (χ1n) is 6.74. The molecule has 0 aromatic heterocycles. The van der Waals surface area contributed by atoms with Gasteiger partial charge in [-0.1, -0.05) is 13.8 Å². The SMILES string of the molecule is CC(C)C(=O)N1CCC(C(=O)N2CC(O)C2)CC1. The highest BCUT2D eigenvalue weighted by molar-refractivity contribution is 5.81. The monoisotopic (exact) mass is 254 g/mol. The number of β-amino-alcohol motifs (C(OH)–C–C–N with tert-alkyl or cyclic N) is 1. The second kappa shape index (κ2) is 5.26. The van der Waals surface area contributed by atoms with Crippen molar-refractivity contribution in [1.29, 1.82) is 0 Å². The molecule has 5 nitrogen and oxygen atoms in total. The predicted octanol–water partition coefficient (Wildman–Crippen LogP) is 0.0841. The molecule has 2 aliphatic heterocycles. The lowest BCUT2D eigenvalue weighted by Gasteiger charge is -2.40. The molecule has 2 aliphatic rings. The van der Waals surface area contributed by atoms with Crippen LogP contribution in [0.25, 0.3) is 0 Å². The second-order valence-electron chi connectivity index (χ2n) is 5.65. The fourth-order valence-electron chi connectivity index (χ4n) is 2.61. The Bertz CT molecular complexity index is 329. The Kier molecular flexibility index (Phi) is 3.90. The summed E-state index contributed by atoms with van der Waals surface area (Å²) in [5.74, 6) is 0.397. The Morgan fingerprint density at radius 2 is 1.67 bits per heavy atom. The average molecular weight is 254 g/mol. The summed E-state index contributed by atoms with van der Waals surface area (Å²) in [6.07, 6.45) is 1.17. The van der Waals surface area contributed by atoms with Crippen molar-refractivity contribution in [3.63, 3.8) is 0 Å². The normalized spacial score (nSPS) is 22.2. The Balaban J connectivity index is 1.80. The van der Waals surface area contributed by atoms with Crippen LogP contribution in [0.3, 0.4) is 0 Å². The fraction of sp³-hybridized carbons (Fsp3) is 0.846. The molecule has 0 spiro atoms. The number of aliphatic hydroxyl groups excluding tert-OH is 1. The van der Waals surface area contributed by atoms with Crippen molar-refractivity contribution in [2.75, 3.05) is 26.2 Å². The largest absolute Gasteiger partial charge is 0.389 e. The van der Waals surface area contributed by atoms with Gasteiger partial charge in [0, 0.05) is 38.0 Å². The average Bonchev–Trinajstić information content (AvgIpc) is 2.33. The van der Waals surface area contributed by atoms with Gasteiger partial charge in [-0.3, -0.25) is 9.59 Å². The molecule has 2 saturated heterocycles. The van der Waals surface area contributed by atoms with E-state index in [1.165, 1.54) is 0 Å². The van der Waals surface area contributed by atoms with Gasteiger partial charge in [-0.25, -0.2) is 0 Å². The van der Waals surface area contributed by atoms with Crippen LogP contribution in [-0.4, -0.2) is 59.0 Å². The third-order valence-electron chi connectivity index (χ3n) is 3.82. The summed E-state index contributed by atoms with van der Waals surface area (Å²) in [6, 6.07) is 0. The molecule has 0 aromatic carbocycles. The van der Waals surface area contributed by atoms with Crippen LogP contribution >= 0.6 is 0 Å². The number of carbonyl (C=O) groups is 2. The van der Waals surface area contributed by atoms with Gasteiger partial charge in [-0.05, 0) is 12.8 Å². The molecule has 0 bridgehead atoms. The minimum absolute atomic E-state index is 0.0304. The van der Waals surface area contributed by atoms with Gasteiger partial charge in [-0.15, -0.1) is 0 Å².